The van der Waals surface area contributed by atoms with Crippen LogP contribution in [0.2, 0.25) is 0 Å². The van der Waals surface area contributed by atoms with Crippen LogP contribution >= 0.6 is 15.9 Å². The fourth-order valence-electron chi connectivity index (χ4n) is 2.61. The second-order valence-corrected chi connectivity index (χ2v) is 6.49. The smallest absolute Gasteiger partial charge is 0.343 e. The number of hydrogen-bond donors (Lipinski definition) is 0. The van der Waals surface area contributed by atoms with Gasteiger partial charge in [0.25, 0.3) is 0 Å². The summed E-state index contributed by atoms with van der Waals surface area (Å²) in [5.74, 6) is 1.52. The van der Waals surface area contributed by atoms with Crippen LogP contribution in [0, 0.1) is 0 Å². The molecule has 1 aliphatic heterocycles. The van der Waals surface area contributed by atoms with Crippen molar-refractivity contribution in [1.29, 1.82) is 0 Å². The zero-order valence-corrected chi connectivity index (χ0v) is 14.7. The van der Waals surface area contributed by atoms with E-state index in [9.17, 15) is 4.79 Å². The van der Waals surface area contributed by atoms with E-state index in [4.69, 9.17) is 9.15 Å². The molecule has 0 fully saturated rings. The molecule has 0 saturated carbocycles. The van der Waals surface area contributed by atoms with Gasteiger partial charge in [0, 0.05) is 15.6 Å². The van der Waals surface area contributed by atoms with Gasteiger partial charge in [-0.1, -0.05) is 58.4 Å². The van der Waals surface area contributed by atoms with Crippen molar-refractivity contribution >= 4 is 33.7 Å². The van der Waals surface area contributed by atoms with E-state index in [0.29, 0.717) is 17.1 Å². The number of halogens is 1. The van der Waals surface area contributed by atoms with E-state index >= 15 is 0 Å². The minimum atomic E-state index is -0.376. The molecule has 0 unspecified atom stereocenters. The third-order valence-corrected chi connectivity index (χ3v) is 4.31. The Labute approximate surface area is 153 Å². The predicted molar refractivity (Wildman–Crippen MR) is 100 cm³/mol. The zero-order valence-electron chi connectivity index (χ0n) is 13.1. The minimum Gasteiger partial charge on any atom is -0.457 e. The Morgan fingerprint density at radius 3 is 2.48 bits per heavy atom. The molecule has 3 nitrogen and oxygen atoms in total. The second kappa shape index (κ2) is 6.57. The molecule has 1 aliphatic rings. The van der Waals surface area contributed by atoms with Gasteiger partial charge in [-0.05, 0) is 36.4 Å². The molecule has 4 rings (SSSR count). The zero-order chi connectivity index (χ0) is 17.2. The van der Waals surface area contributed by atoms with Crippen molar-refractivity contribution in [2.45, 2.75) is 0 Å². The minimum absolute atomic E-state index is 0.376. The van der Waals surface area contributed by atoms with E-state index in [1.54, 1.807) is 12.2 Å². The summed E-state index contributed by atoms with van der Waals surface area (Å²) in [4.78, 5) is 12.1. The summed E-state index contributed by atoms with van der Waals surface area (Å²) in [5.41, 5.74) is 2.30. The van der Waals surface area contributed by atoms with Crippen LogP contribution in [0.5, 0.6) is 0 Å². The van der Waals surface area contributed by atoms with Gasteiger partial charge < -0.3 is 9.15 Å². The van der Waals surface area contributed by atoms with Gasteiger partial charge in [0.2, 0.25) is 0 Å². The van der Waals surface area contributed by atoms with Crippen molar-refractivity contribution in [2.75, 3.05) is 0 Å². The van der Waals surface area contributed by atoms with Gasteiger partial charge >= 0.3 is 5.97 Å². The van der Waals surface area contributed by atoms with Crippen molar-refractivity contribution in [1.82, 2.24) is 0 Å². The standard InChI is InChI=1S/C21H13BrO3/c22-17-8-4-7-15(11-17)19-10-9-18(24-19)12-16-13-20(25-21(16)23)14-5-2-1-3-6-14/h1-13H/b16-12-. The van der Waals surface area contributed by atoms with Crippen molar-refractivity contribution in [2.24, 2.45) is 0 Å². The van der Waals surface area contributed by atoms with Gasteiger partial charge in [0.15, 0.2) is 0 Å². The lowest BCUT2D eigenvalue weighted by Gasteiger charge is -1.99. The van der Waals surface area contributed by atoms with Crippen LogP contribution in [0.4, 0.5) is 0 Å². The van der Waals surface area contributed by atoms with Crippen LogP contribution in [0.3, 0.4) is 0 Å². The number of furan rings is 1. The van der Waals surface area contributed by atoms with Gasteiger partial charge in [0.1, 0.15) is 17.3 Å². The maximum absolute atomic E-state index is 12.1. The molecule has 2 aromatic carbocycles. The van der Waals surface area contributed by atoms with Gasteiger partial charge in [0.05, 0.1) is 5.57 Å². The van der Waals surface area contributed by atoms with Gasteiger partial charge in [-0.2, -0.15) is 0 Å². The number of hydrogen-bond acceptors (Lipinski definition) is 3. The first kappa shape index (κ1) is 15.7. The summed E-state index contributed by atoms with van der Waals surface area (Å²) in [6.45, 7) is 0. The average Bonchev–Trinajstić information content (AvgIpc) is 3.24. The lowest BCUT2D eigenvalue weighted by molar-refractivity contribution is -0.130. The van der Waals surface area contributed by atoms with E-state index in [1.165, 1.54) is 0 Å². The number of esters is 1. The number of ether oxygens (including phenoxy) is 1. The van der Waals surface area contributed by atoms with Crippen LogP contribution in [-0.4, -0.2) is 5.97 Å². The molecule has 3 aromatic rings. The fourth-order valence-corrected chi connectivity index (χ4v) is 3.01. The number of rotatable bonds is 3. The average molecular weight is 393 g/mol. The molecule has 2 heterocycles. The Hall–Kier alpha value is -2.85. The lowest BCUT2D eigenvalue weighted by Crippen LogP contribution is -1.96. The van der Waals surface area contributed by atoms with Crippen LogP contribution in [-0.2, 0) is 9.53 Å². The molecule has 0 N–H and O–H groups in total. The largest absolute Gasteiger partial charge is 0.457 e. The van der Waals surface area contributed by atoms with Crippen LogP contribution in [0.1, 0.15) is 11.3 Å². The van der Waals surface area contributed by atoms with Crippen LogP contribution < -0.4 is 0 Å². The topological polar surface area (TPSA) is 39.4 Å². The second-order valence-electron chi connectivity index (χ2n) is 5.58. The maximum atomic E-state index is 12.1. The highest BCUT2D eigenvalue weighted by atomic mass is 79.9. The van der Waals surface area contributed by atoms with Crippen LogP contribution in [0.25, 0.3) is 23.2 Å². The SMILES string of the molecule is O=C1OC(c2ccccc2)=C/C1=C/c1ccc(-c2cccc(Br)c2)o1. The molecule has 1 aromatic heterocycles. The van der Waals surface area contributed by atoms with E-state index < -0.39 is 0 Å². The third-order valence-electron chi connectivity index (χ3n) is 3.82. The molecule has 4 heteroatoms. The fraction of sp³-hybridized carbons (Fsp3) is 0. The molecule has 25 heavy (non-hydrogen) atoms. The highest BCUT2D eigenvalue weighted by Gasteiger charge is 2.22. The Bertz CT molecular complexity index is 997. The number of carbonyl (C=O) groups excluding carboxylic acids is 1. The lowest BCUT2D eigenvalue weighted by atomic mass is 10.1. The highest BCUT2D eigenvalue weighted by Crippen LogP contribution is 2.29. The predicted octanol–water partition coefficient (Wildman–Crippen LogP) is 5.69. The molecule has 0 spiro atoms. The number of carbonyl (C=O) groups is 1. The van der Waals surface area contributed by atoms with Gasteiger partial charge in [-0.15, -0.1) is 0 Å². The normalized spacial score (nSPS) is 15.3. The van der Waals surface area contributed by atoms with E-state index in [2.05, 4.69) is 15.9 Å². The number of benzene rings is 2. The highest BCUT2D eigenvalue weighted by molar-refractivity contribution is 9.10. The van der Waals surface area contributed by atoms with Crippen molar-refractivity contribution < 1.29 is 13.9 Å². The first-order valence-corrected chi connectivity index (χ1v) is 8.55. The van der Waals surface area contributed by atoms with Gasteiger partial charge in [-0.25, -0.2) is 4.79 Å². The molecule has 0 atom stereocenters. The molecule has 122 valence electrons. The Morgan fingerprint density at radius 1 is 0.880 bits per heavy atom. The summed E-state index contributed by atoms with van der Waals surface area (Å²) in [6, 6.07) is 21.1. The Balaban J connectivity index is 1.63. The molecular weight excluding hydrogens is 380 g/mol. The molecular formula is C21H13BrO3. The van der Waals surface area contributed by atoms with Crippen molar-refractivity contribution in [3.8, 4) is 11.3 Å². The molecule has 0 saturated heterocycles. The molecule has 0 bridgehead atoms. The van der Waals surface area contributed by atoms with Crippen molar-refractivity contribution in [3.63, 3.8) is 0 Å². The van der Waals surface area contributed by atoms with Crippen LogP contribution in [0.15, 0.2) is 87.3 Å². The summed E-state index contributed by atoms with van der Waals surface area (Å²) in [7, 11) is 0. The van der Waals surface area contributed by atoms with E-state index in [-0.39, 0.29) is 5.97 Å². The Morgan fingerprint density at radius 2 is 1.68 bits per heavy atom. The summed E-state index contributed by atoms with van der Waals surface area (Å²) in [6.07, 6.45) is 3.43. The summed E-state index contributed by atoms with van der Waals surface area (Å²) >= 11 is 3.45. The number of cyclic esters (lactones) is 1. The monoisotopic (exact) mass is 392 g/mol. The first-order chi connectivity index (χ1) is 12.2. The molecule has 0 radical (unpaired) electrons. The summed E-state index contributed by atoms with van der Waals surface area (Å²) < 4.78 is 12.2. The van der Waals surface area contributed by atoms with E-state index in [1.807, 2.05) is 66.7 Å². The third kappa shape index (κ3) is 3.35. The molecule has 0 aliphatic carbocycles. The van der Waals surface area contributed by atoms with Crippen molar-refractivity contribution in [3.05, 3.63) is 94.2 Å². The summed E-state index contributed by atoms with van der Waals surface area (Å²) in [5, 5.41) is 0. The van der Waals surface area contributed by atoms with E-state index in [0.717, 1.165) is 21.4 Å². The van der Waals surface area contributed by atoms with Gasteiger partial charge in [-0.3, -0.25) is 0 Å². The molecule has 0 amide bonds. The first-order valence-electron chi connectivity index (χ1n) is 7.76. The maximum Gasteiger partial charge on any atom is 0.343 e. The Kier molecular flexibility index (Phi) is 4.12. The quantitative estimate of drug-likeness (QED) is 0.424.